The smallest absolute Gasteiger partial charge is 0.323 e. The molecule has 2 heterocycles. The third-order valence-electron chi connectivity index (χ3n) is 6.14. The molecule has 2 aliphatic heterocycles. The van der Waals surface area contributed by atoms with E-state index in [4.69, 9.17) is 23.2 Å². The van der Waals surface area contributed by atoms with E-state index in [0.717, 1.165) is 31.3 Å². The van der Waals surface area contributed by atoms with E-state index < -0.39 is 23.2 Å². The summed E-state index contributed by atoms with van der Waals surface area (Å²) in [6, 6.07) is 13.2. The molecule has 2 aromatic carbocycles. The second kappa shape index (κ2) is 9.05. The highest BCUT2D eigenvalue weighted by molar-refractivity contribution is 8.04. The lowest BCUT2D eigenvalue weighted by Gasteiger charge is -2.42. The van der Waals surface area contributed by atoms with Crippen molar-refractivity contribution in [2.75, 3.05) is 16.8 Å². The molecule has 0 saturated carbocycles. The number of hydrogen-bond donors (Lipinski definition) is 1. The third kappa shape index (κ3) is 4.14. The van der Waals surface area contributed by atoms with Crippen LogP contribution in [-0.2, 0) is 9.59 Å². The molecule has 0 radical (unpaired) electrons. The van der Waals surface area contributed by atoms with Crippen LogP contribution in [0, 0.1) is 5.92 Å². The van der Waals surface area contributed by atoms with Crippen molar-refractivity contribution in [3.63, 3.8) is 0 Å². The maximum atomic E-state index is 13.6. The number of halogens is 2. The molecule has 0 aromatic heterocycles. The molecule has 1 fully saturated rings. The first-order chi connectivity index (χ1) is 15.9. The van der Waals surface area contributed by atoms with E-state index in [9.17, 15) is 14.4 Å². The van der Waals surface area contributed by atoms with Crippen LogP contribution in [0.1, 0.15) is 25.7 Å². The zero-order valence-electron chi connectivity index (χ0n) is 17.6. The number of imide groups is 1. The Morgan fingerprint density at radius 2 is 1.82 bits per heavy atom. The highest BCUT2D eigenvalue weighted by atomic mass is 35.5. The Hall–Kier alpha value is -2.48. The fourth-order valence-electron chi connectivity index (χ4n) is 4.65. The summed E-state index contributed by atoms with van der Waals surface area (Å²) in [7, 11) is 0. The first-order valence-corrected chi connectivity index (χ1v) is 12.4. The van der Waals surface area contributed by atoms with Gasteiger partial charge in [0.2, 0.25) is 11.8 Å². The van der Waals surface area contributed by atoms with Gasteiger partial charge in [0.15, 0.2) is 0 Å². The van der Waals surface area contributed by atoms with Gasteiger partial charge in [-0.1, -0.05) is 41.4 Å². The molecular formula is C24H21Cl2N3O3S. The number of amides is 4. The molecule has 2 aromatic rings. The molecule has 1 saturated heterocycles. The molecule has 4 amide bonds. The first-order valence-electron chi connectivity index (χ1n) is 10.8. The van der Waals surface area contributed by atoms with Gasteiger partial charge < -0.3 is 10.2 Å². The minimum Gasteiger partial charge on any atom is -0.323 e. The summed E-state index contributed by atoms with van der Waals surface area (Å²) in [5.41, 5.74) is 2.00. The number of allylic oxidation sites excluding steroid dienone is 1. The van der Waals surface area contributed by atoms with Gasteiger partial charge in [-0.15, -0.1) is 11.8 Å². The lowest BCUT2D eigenvalue weighted by atomic mass is 9.86. The number of anilines is 2. The Bertz CT molecular complexity index is 1170. The number of para-hydroxylation sites is 1. The average Bonchev–Trinajstić information content (AvgIpc) is 3.20. The van der Waals surface area contributed by atoms with Gasteiger partial charge in [0, 0.05) is 5.02 Å². The molecule has 9 heteroatoms. The number of nitrogens with zero attached hydrogens (tertiary/aromatic N) is 2. The van der Waals surface area contributed by atoms with E-state index in [2.05, 4.69) is 5.32 Å². The van der Waals surface area contributed by atoms with Crippen LogP contribution in [0.25, 0.3) is 0 Å². The van der Waals surface area contributed by atoms with Crippen LogP contribution in [0.4, 0.5) is 16.2 Å². The Morgan fingerprint density at radius 3 is 2.61 bits per heavy atom. The number of nitrogens with one attached hydrogen (secondary N) is 1. The van der Waals surface area contributed by atoms with E-state index in [-0.39, 0.29) is 12.5 Å². The lowest BCUT2D eigenvalue weighted by molar-refractivity contribution is -0.124. The van der Waals surface area contributed by atoms with Crippen LogP contribution >= 0.6 is 35.0 Å². The number of benzene rings is 2. The standard InChI is InChI=1S/C24H21Cl2N3O3S/c25-14-10-11-17(26)18(12-14)27-20(30)13-28-23-21(16-8-4-5-9-19(16)33-23)22(31)29(24(28)32)15-6-2-1-3-7-15/h1-3,6-7,10-12,21,23H,4-5,8-9,13H2,(H,27,30). The molecule has 5 rings (SSSR count). The monoisotopic (exact) mass is 501 g/mol. The maximum absolute atomic E-state index is 13.6. The molecule has 1 aliphatic carbocycles. The summed E-state index contributed by atoms with van der Waals surface area (Å²) < 4.78 is 0. The van der Waals surface area contributed by atoms with E-state index in [1.165, 1.54) is 14.7 Å². The Labute approximate surface area is 205 Å². The normalized spacial score (nSPS) is 22.4. The highest BCUT2D eigenvalue weighted by Crippen LogP contribution is 2.52. The molecule has 2 unspecified atom stereocenters. The van der Waals surface area contributed by atoms with Crippen molar-refractivity contribution < 1.29 is 14.4 Å². The van der Waals surface area contributed by atoms with Crippen molar-refractivity contribution in [3.8, 4) is 0 Å². The third-order valence-corrected chi connectivity index (χ3v) is 8.23. The van der Waals surface area contributed by atoms with Crippen LogP contribution in [-0.4, -0.2) is 34.7 Å². The van der Waals surface area contributed by atoms with Gasteiger partial charge in [0.05, 0.1) is 27.7 Å². The fraction of sp³-hybridized carbons (Fsp3) is 0.292. The molecule has 2 atom stereocenters. The molecule has 0 spiro atoms. The summed E-state index contributed by atoms with van der Waals surface area (Å²) in [5, 5.41) is 3.12. The minimum atomic E-state index is -0.493. The predicted molar refractivity (Wildman–Crippen MR) is 131 cm³/mol. The summed E-state index contributed by atoms with van der Waals surface area (Å²) in [4.78, 5) is 44.0. The number of rotatable bonds is 4. The van der Waals surface area contributed by atoms with Crippen LogP contribution in [0.3, 0.4) is 0 Å². The van der Waals surface area contributed by atoms with Crippen molar-refractivity contribution in [3.05, 3.63) is 69.1 Å². The number of hydrogen-bond acceptors (Lipinski definition) is 4. The Kier molecular flexibility index (Phi) is 6.12. The zero-order valence-corrected chi connectivity index (χ0v) is 19.9. The molecule has 3 aliphatic rings. The number of fused-ring (bicyclic) bond motifs is 2. The summed E-state index contributed by atoms with van der Waals surface area (Å²) in [6.45, 7) is -0.201. The van der Waals surface area contributed by atoms with Gasteiger partial charge in [-0.05, 0) is 66.5 Å². The molecule has 170 valence electrons. The van der Waals surface area contributed by atoms with Crippen LogP contribution in [0.5, 0.6) is 0 Å². The Balaban J connectivity index is 1.46. The van der Waals surface area contributed by atoms with Crippen molar-refractivity contribution >= 4 is 64.2 Å². The van der Waals surface area contributed by atoms with Crippen molar-refractivity contribution in [1.29, 1.82) is 0 Å². The molecule has 6 nitrogen and oxygen atoms in total. The second-order valence-electron chi connectivity index (χ2n) is 8.23. The van der Waals surface area contributed by atoms with Crippen molar-refractivity contribution in [2.45, 2.75) is 31.1 Å². The fourth-order valence-corrected chi connectivity index (χ4v) is 6.63. The summed E-state index contributed by atoms with van der Waals surface area (Å²) in [6.07, 6.45) is 3.87. The largest absolute Gasteiger partial charge is 0.332 e. The number of carbonyl (C=O) groups excluding carboxylic acids is 3. The summed E-state index contributed by atoms with van der Waals surface area (Å²) >= 11 is 13.8. The molecule has 1 N–H and O–H groups in total. The van der Waals surface area contributed by atoms with E-state index in [1.807, 2.05) is 6.07 Å². The molecule has 33 heavy (non-hydrogen) atoms. The quantitative estimate of drug-likeness (QED) is 0.564. The second-order valence-corrected chi connectivity index (χ2v) is 10.3. The van der Waals surface area contributed by atoms with Crippen molar-refractivity contribution in [2.24, 2.45) is 5.92 Å². The SMILES string of the molecule is O=C(CN1C(=O)N(c2ccccc2)C(=O)C2C3=C(CCCC3)SC21)Nc1cc(Cl)ccc1Cl. The summed E-state index contributed by atoms with van der Waals surface area (Å²) in [5.74, 6) is -1.06. The molecule has 0 bridgehead atoms. The van der Waals surface area contributed by atoms with E-state index in [1.54, 1.807) is 54.2 Å². The van der Waals surface area contributed by atoms with Crippen LogP contribution < -0.4 is 10.2 Å². The van der Waals surface area contributed by atoms with Gasteiger partial charge in [-0.25, -0.2) is 9.69 Å². The highest BCUT2D eigenvalue weighted by Gasteiger charge is 2.53. The van der Waals surface area contributed by atoms with E-state index in [0.29, 0.717) is 21.4 Å². The zero-order chi connectivity index (χ0) is 23.1. The van der Waals surface area contributed by atoms with Gasteiger partial charge in [0.1, 0.15) is 6.54 Å². The predicted octanol–water partition coefficient (Wildman–Crippen LogP) is 5.92. The van der Waals surface area contributed by atoms with Crippen LogP contribution in [0.2, 0.25) is 10.0 Å². The average molecular weight is 502 g/mol. The Morgan fingerprint density at radius 1 is 1.06 bits per heavy atom. The number of urea groups is 1. The molecular weight excluding hydrogens is 481 g/mol. The number of carbonyl (C=O) groups is 3. The topological polar surface area (TPSA) is 69.7 Å². The van der Waals surface area contributed by atoms with Gasteiger partial charge in [-0.3, -0.25) is 9.59 Å². The van der Waals surface area contributed by atoms with Gasteiger partial charge in [0.25, 0.3) is 0 Å². The first kappa shape index (κ1) is 22.3. The van der Waals surface area contributed by atoms with Crippen molar-refractivity contribution in [1.82, 2.24) is 4.90 Å². The lowest BCUT2D eigenvalue weighted by Crippen LogP contribution is -2.61. The van der Waals surface area contributed by atoms with Crippen LogP contribution in [0.15, 0.2) is 59.0 Å². The number of thioether (sulfide) groups is 1. The van der Waals surface area contributed by atoms with Gasteiger partial charge >= 0.3 is 6.03 Å². The minimum absolute atomic E-state index is 0.201. The van der Waals surface area contributed by atoms with E-state index >= 15 is 0 Å². The van der Waals surface area contributed by atoms with Gasteiger partial charge in [-0.2, -0.15) is 0 Å². The maximum Gasteiger partial charge on any atom is 0.332 e.